The maximum absolute atomic E-state index is 6.15. The van der Waals surface area contributed by atoms with Crippen LogP contribution in [0.15, 0.2) is 18.2 Å². The first-order chi connectivity index (χ1) is 8.70. The van der Waals surface area contributed by atoms with Crippen molar-refractivity contribution in [2.75, 3.05) is 51.2 Å². The minimum atomic E-state index is 0.695. The average Bonchev–Trinajstić information content (AvgIpc) is 2.37. The van der Waals surface area contributed by atoms with Crippen molar-refractivity contribution < 1.29 is 9.47 Å². The first-order valence-corrected chi connectivity index (χ1v) is 6.28. The molecular formula is C14H24N2O2. The Morgan fingerprint density at radius 3 is 2.50 bits per heavy atom. The van der Waals surface area contributed by atoms with Crippen molar-refractivity contribution in [3.63, 3.8) is 0 Å². The highest BCUT2D eigenvalue weighted by Crippen LogP contribution is 2.26. The molecule has 102 valence electrons. The number of nitrogen functional groups attached to an aromatic ring is 1. The fourth-order valence-electron chi connectivity index (χ4n) is 1.89. The second kappa shape index (κ2) is 7.95. The largest absolute Gasteiger partial charge is 0.397 e. The number of benzene rings is 1. The maximum atomic E-state index is 6.15. The number of nitrogens with zero attached hydrogens (tertiary/aromatic N) is 1. The summed E-state index contributed by atoms with van der Waals surface area (Å²) in [4.78, 5) is 2.25. The van der Waals surface area contributed by atoms with E-state index in [9.17, 15) is 0 Å². The molecule has 1 aromatic rings. The molecule has 4 nitrogen and oxygen atoms in total. The summed E-state index contributed by atoms with van der Waals surface area (Å²) in [7, 11) is 3.44. The van der Waals surface area contributed by atoms with Gasteiger partial charge in [0, 0.05) is 33.9 Å². The van der Waals surface area contributed by atoms with E-state index in [4.69, 9.17) is 15.2 Å². The van der Waals surface area contributed by atoms with E-state index >= 15 is 0 Å². The first kappa shape index (κ1) is 14.8. The number of anilines is 2. The number of hydrogen-bond acceptors (Lipinski definition) is 4. The molecule has 1 aromatic carbocycles. The molecule has 0 unspecified atom stereocenters. The summed E-state index contributed by atoms with van der Waals surface area (Å²) in [6.45, 7) is 5.25. The summed E-state index contributed by atoms with van der Waals surface area (Å²) in [6.07, 6.45) is 0.980. The molecule has 0 aliphatic heterocycles. The van der Waals surface area contributed by atoms with Gasteiger partial charge in [-0.1, -0.05) is 12.1 Å². The van der Waals surface area contributed by atoms with Crippen LogP contribution >= 0.6 is 0 Å². The molecule has 4 heteroatoms. The molecule has 0 spiro atoms. The average molecular weight is 252 g/mol. The Morgan fingerprint density at radius 2 is 1.83 bits per heavy atom. The maximum Gasteiger partial charge on any atom is 0.0637 e. The molecule has 0 amide bonds. The number of methoxy groups -OCH3 is 2. The number of rotatable bonds is 8. The molecule has 0 aliphatic carbocycles. The predicted molar refractivity (Wildman–Crippen MR) is 76.2 cm³/mol. The Balaban J connectivity index is 2.76. The van der Waals surface area contributed by atoms with Crippen LogP contribution in [0.5, 0.6) is 0 Å². The van der Waals surface area contributed by atoms with Crippen LogP contribution in [0.1, 0.15) is 12.0 Å². The monoisotopic (exact) mass is 252 g/mol. The highest BCUT2D eigenvalue weighted by atomic mass is 16.5. The van der Waals surface area contributed by atoms with Gasteiger partial charge in [0.2, 0.25) is 0 Å². The summed E-state index contributed by atoms with van der Waals surface area (Å²) < 4.78 is 10.3. The molecule has 1 rings (SSSR count). The molecule has 18 heavy (non-hydrogen) atoms. The van der Waals surface area contributed by atoms with Crippen molar-refractivity contribution in [1.29, 1.82) is 0 Å². The second-order valence-electron chi connectivity index (χ2n) is 4.33. The van der Waals surface area contributed by atoms with Crippen molar-refractivity contribution in [3.05, 3.63) is 23.8 Å². The molecule has 0 bridgehead atoms. The Kier molecular flexibility index (Phi) is 6.54. The van der Waals surface area contributed by atoms with Gasteiger partial charge in [-0.3, -0.25) is 0 Å². The van der Waals surface area contributed by atoms with E-state index in [1.165, 1.54) is 0 Å². The molecule has 0 saturated carbocycles. The molecular weight excluding hydrogens is 228 g/mol. The Bertz CT molecular complexity index is 356. The van der Waals surface area contributed by atoms with Gasteiger partial charge in [0.25, 0.3) is 0 Å². The molecule has 0 atom stereocenters. The third-order valence-corrected chi connectivity index (χ3v) is 2.98. The van der Waals surface area contributed by atoms with Crippen LogP contribution in [-0.4, -0.2) is 40.5 Å². The first-order valence-electron chi connectivity index (χ1n) is 6.28. The van der Waals surface area contributed by atoms with Gasteiger partial charge in [-0.15, -0.1) is 0 Å². The van der Waals surface area contributed by atoms with Gasteiger partial charge in [0.05, 0.1) is 18.0 Å². The summed E-state index contributed by atoms with van der Waals surface area (Å²) in [5, 5.41) is 0. The minimum absolute atomic E-state index is 0.695. The fraction of sp³-hybridized carbons (Fsp3) is 0.571. The van der Waals surface area contributed by atoms with E-state index in [0.29, 0.717) is 6.61 Å². The second-order valence-corrected chi connectivity index (χ2v) is 4.33. The summed E-state index contributed by atoms with van der Waals surface area (Å²) in [6, 6.07) is 6.13. The van der Waals surface area contributed by atoms with Gasteiger partial charge in [-0.25, -0.2) is 0 Å². The third-order valence-electron chi connectivity index (χ3n) is 2.98. The fourth-order valence-corrected chi connectivity index (χ4v) is 1.89. The summed E-state index contributed by atoms with van der Waals surface area (Å²) >= 11 is 0. The van der Waals surface area contributed by atoms with Crippen molar-refractivity contribution in [2.45, 2.75) is 13.3 Å². The molecule has 0 fully saturated rings. The van der Waals surface area contributed by atoms with E-state index in [1.807, 2.05) is 19.1 Å². The van der Waals surface area contributed by atoms with Crippen molar-refractivity contribution in [3.8, 4) is 0 Å². The topological polar surface area (TPSA) is 47.7 Å². The van der Waals surface area contributed by atoms with Crippen LogP contribution in [0, 0.1) is 6.92 Å². The highest BCUT2D eigenvalue weighted by molar-refractivity contribution is 5.70. The van der Waals surface area contributed by atoms with E-state index < -0.39 is 0 Å². The van der Waals surface area contributed by atoms with Gasteiger partial charge in [0.1, 0.15) is 0 Å². The van der Waals surface area contributed by atoms with Gasteiger partial charge >= 0.3 is 0 Å². The Hall–Kier alpha value is -1.26. The van der Waals surface area contributed by atoms with Gasteiger partial charge in [0.15, 0.2) is 0 Å². The SMILES string of the molecule is COCCCN(CCOC)c1cccc(C)c1N. The zero-order valence-corrected chi connectivity index (χ0v) is 11.6. The molecule has 2 N–H and O–H groups in total. The number of ether oxygens (including phenoxy) is 2. The third kappa shape index (κ3) is 4.20. The normalized spacial score (nSPS) is 10.6. The van der Waals surface area contributed by atoms with Crippen LogP contribution in [-0.2, 0) is 9.47 Å². The van der Waals surface area contributed by atoms with Crippen LogP contribution in [0.2, 0.25) is 0 Å². The smallest absolute Gasteiger partial charge is 0.0637 e. The van der Waals surface area contributed by atoms with E-state index in [0.717, 1.165) is 43.1 Å². The highest BCUT2D eigenvalue weighted by Gasteiger charge is 2.10. The molecule has 0 aromatic heterocycles. The zero-order chi connectivity index (χ0) is 13.4. The Labute approximate surface area is 110 Å². The Morgan fingerprint density at radius 1 is 1.11 bits per heavy atom. The van der Waals surface area contributed by atoms with Crippen LogP contribution in [0.4, 0.5) is 11.4 Å². The number of nitrogens with two attached hydrogens (primary N) is 1. The number of aryl methyl sites for hydroxylation is 1. The minimum Gasteiger partial charge on any atom is -0.397 e. The lowest BCUT2D eigenvalue weighted by molar-refractivity contribution is 0.191. The van der Waals surface area contributed by atoms with Gasteiger partial charge in [-0.2, -0.15) is 0 Å². The van der Waals surface area contributed by atoms with Crippen LogP contribution in [0.3, 0.4) is 0 Å². The van der Waals surface area contributed by atoms with Crippen LogP contribution < -0.4 is 10.6 Å². The molecule has 0 heterocycles. The van der Waals surface area contributed by atoms with Crippen molar-refractivity contribution >= 4 is 11.4 Å². The quantitative estimate of drug-likeness (QED) is 0.568. The molecule has 0 radical (unpaired) electrons. The molecule has 0 saturated heterocycles. The van der Waals surface area contributed by atoms with Crippen molar-refractivity contribution in [2.24, 2.45) is 0 Å². The number of hydrogen-bond donors (Lipinski definition) is 1. The van der Waals surface area contributed by atoms with Crippen molar-refractivity contribution in [1.82, 2.24) is 0 Å². The van der Waals surface area contributed by atoms with Gasteiger partial charge in [-0.05, 0) is 25.0 Å². The lowest BCUT2D eigenvalue weighted by Gasteiger charge is -2.26. The van der Waals surface area contributed by atoms with E-state index in [-0.39, 0.29) is 0 Å². The van der Waals surface area contributed by atoms with Gasteiger partial charge < -0.3 is 20.1 Å². The van der Waals surface area contributed by atoms with Crippen LogP contribution in [0.25, 0.3) is 0 Å². The predicted octanol–water partition coefficient (Wildman–Crippen LogP) is 2.07. The molecule has 0 aliphatic rings. The standard InChI is InChI=1S/C14H24N2O2/c1-12-6-4-7-13(14(12)15)16(9-11-18-3)8-5-10-17-2/h4,6-7H,5,8-11,15H2,1-3H3. The summed E-state index contributed by atoms with van der Waals surface area (Å²) in [5.41, 5.74) is 9.20. The lowest BCUT2D eigenvalue weighted by Crippen LogP contribution is -2.29. The van der Waals surface area contributed by atoms with E-state index in [1.54, 1.807) is 14.2 Å². The lowest BCUT2D eigenvalue weighted by atomic mass is 10.1. The zero-order valence-electron chi connectivity index (χ0n) is 11.6. The van der Waals surface area contributed by atoms with E-state index in [2.05, 4.69) is 11.0 Å². The summed E-state index contributed by atoms with van der Waals surface area (Å²) in [5.74, 6) is 0. The number of para-hydroxylation sites is 1.